The normalized spacial score (nSPS) is 19.5. The molecule has 1 fully saturated rings. The molecule has 0 aliphatic carbocycles. The maximum atomic E-state index is 6.33. The third-order valence-electron chi connectivity index (χ3n) is 4.39. The molecule has 0 aromatic heterocycles. The molecular formula is C16H25BClNO3. The number of unbranched alkanes of at least 4 members (excludes halogenated alkanes) is 1. The Kier molecular flexibility index (Phi) is 5.00. The van der Waals surface area contributed by atoms with Gasteiger partial charge in [-0.05, 0) is 46.2 Å². The predicted octanol–water partition coefficient (Wildman–Crippen LogP) is 3.40. The smallest absolute Gasteiger partial charge is 0.491 e. The van der Waals surface area contributed by atoms with E-state index < -0.39 is 18.3 Å². The molecule has 0 radical (unpaired) electrons. The van der Waals surface area contributed by atoms with E-state index in [1.54, 1.807) is 6.07 Å². The highest BCUT2D eigenvalue weighted by atomic mass is 35.5. The van der Waals surface area contributed by atoms with Gasteiger partial charge in [-0.3, -0.25) is 0 Å². The van der Waals surface area contributed by atoms with Crippen LogP contribution in [0.15, 0.2) is 12.1 Å². The lowest BCUT2D eigenvalue weighted by Crippen LogP contribution is -2.41. The zero-order valence-electron chi connectivity index (χ0n) is 14.0. The Bertz CT molecular complexity index is 532. The largest absolute Gasteiger partial charge is 0.496 e. The van der Waals surface area contributed by atoms with Crippen LogP contribution in [-0.2, 0) is 9.31 Å². The minimum atomic E-state index is -0.522. The van der Waals surface area contributed by atoms with Crippen molar-refractivity contribution >= 4 is 29.9 Å². The van der Waals surface area contributed by atoms with Gasteiger partial charge < -0.3 is 19.8 Å². The maximum Gasteiger partial charge on any atom is 0.496 e. The quantitative estimate of drug-likeness (QED) is 0.512. The summed E-state index contributed by atoms with van der Waals surface area (Å²) in [5, 5.41) is 0.527. The number of rotatable bonds is 5. The van der Waals surface area contributed by atoms with Crippen LogP contribution in [0.4, 0.5) is 5.69 Å². The molecule has 1 aliphatic heterocycles. The highest BCUT2D eigenvalue weighted by molar-refractivity contribution is 6.65. The molecule has 0 saturated carbocycles. The summed E-state index contributed by atoms with van der Waals surface area (Å²) in [5.74, 6) is 0.627. The second-order valence-corrected chi connectivity index (χ2v) is 7.11. The van der Waals surface area contributed by atoms with Crippen LogP contribution in [0.5, 0.6) is 5.75 Å². The van der Waals surface area contributed by atoms with Crippen LogP contribution in [0, 0.1) is 0 Å². The molecule has 2 N–H and O–H groups in total. The minimum absolute atomic E-state index is 0.411. The fourth-order valence-corrected chi connectivity index (χ4v) is 2.45. The molecule has 0 bridgehead atoms. The van der Waals surface area contributed by atoms with Gasteiger partial charge in [0.25, 0.3) is 0 Å². The van der Waals surface area contributed by atoms with Crippen LogP contribution >= 0.6 is 11.6 Å². The van der Waals surface area contributed by atoms with Gasteiger partial charge in [-0.1, -0.05) is 24.9 Å². The molecule has 0 spiro atoms. The molecule has 6 heteroatoms. The van der Waals surface area contributed by atoms with Crippen molar-refractivity contribution in [1.82, 2.24) is 0 Å². The van der Waals surface area contributed by atoms with Crippen LogP contribution in [0.2, 0.25) is 5.02 Å². The summed E-state index contributed by atoms with van der Waals surface area (Å²) in [6, 6.07) is 3.53. The second kappa shape index (κ2) is 6.30. The van der Waals surface area contributed by atoms with Gasteiger partial charge in [0.15, 0.2) is 0 Å². The number of ether oxygens (including phenoxy) is 1. The van der Waals surface area contributed by atoms with E-state index in [9.17, 15) is 0 Å². The van der Waals surface area contributed by atoms with Crippen LogP contribution < -0.4 is 15.9 Å². The van der Waals surface area contributed by atoms with Gasteiger partial charge in [0.1, 0.15) is 5.75 Å². The van der Waals surface area contributed by atoms with Crippen molar-refractivity contribution in [3.05, 3.63) is 17.2 Å². The monoisotopic (exact) mass is 325 g/mol. The highest BCUT2D eigenvalue weighted by Crippen LogP contribution is 2.37. The standard InChI is InChI=1S/C16H25BClNO3/c1-6-7-8-20-14-9-11(12(18)10-13(14)19)17-21-15(2,3)16(4,5)22-17/h9-10H,6-8,19H2,1-5H3. The summed E-state index contributed by atoms with van der Waals surface area (Å²) in [6.07, 6.45) is 2.05. The molecule has 1 heterocycles. The van der Waals surface area contributed by atoms with Crippen LogP contribution in [-0.4, -0.2) is 24.9 Å². The summed E-state index contributed by atoms with van der Waals surface area (Å²) < 4.78 is 17.8. The first-order valence-electron chi connectivity index (χ1n) is 7.75. The van der Waals surface area contributed by atoms with Crippen molar-refractivity contribution in [3.8, 4) is 5.75 Å². The molecule has 0 atom stereocenters. The first kappa shape index (κ1) is 17.4. The summed E-state index contributed by atoms with van der Waals surface area (Å²) in [5.41, 5.74) is 6.44. The molecule has 2 rings (SSSR count). The van der Waals surface area contributed by atoms with Crippen molar-refractivity contribution in [2.45, 2.75) is 58.7 Å². The first-order valence-corrected chi connectivity index (χ1v) is 8.13. The summed E-state index contributed by atoms with van der Waals surface area (Å²) in [4.78, 5) is 0. The Hall–Kier alpha value is -0.905. The van der Waals surface area contributed by atoms with Gasteiger partial charge in [0, 0.05) is 10.5 Å². The minimum Gasteiger partial charge on any atom is -0.491 e. The Morgan fingerprint density at radius 3 is 2.32 bits per heavy atom. The van der Waals surface area contributed by atoms with Gasteiger partial charge >= 0.3 is 7.12 Å². The van der Waals surface area contributed by atoms with Crippen molar-refractivity contribution in [2.75, 3.05) is 12.3 Å². The Balaban J connectivity index is 2.26. The van der Waals surface area contributed by atoms with Gasteiger partial charge in [-0.25, -0.2) is 0 Å². The zero-order chi connectivity index (χ0) is 16.5. The van der Waals surface area contributed by atoms with Gasteiger partial charge in [-0.15, -0.1) is 0 Å². The SMILES string of the molecule is CCCCOc1cc(B2OC(C)(C)C(C)(C)O2)c(Cl)cc1N. The molecule has 1 saturated heterocycles. The second-order valence-electron chi connectivity index (χ2n) is 6.70. The molecule has 4 nitrogen and oxygen atoms in total. The van der Waals surface area contributed by atoms with Crippen molar-refractivity contribution in [1.29, 1.82) is 0 Å². The molecule has 0 amide bonds. The Morgan fingerprint density at radius 2 is 1.77 bits per heavy atom. The number of nitrogens with two attached hydrogens (primary N) is 1. The molecule has 22 heavy (non-hydrogen) atoms. The molecule has 1 aromatic rings. The van der Waals surface area contributed by atoms with E-state index in [-0.39, 0.29) is 0 Å². The lowest BCUT2D eigenvalue weighted by molar-refractivity contribution is 0.00578. The van der Waals surface area contributed by atoms with Gasteiger partial charge in [-0.2, -0.15) is 0 Å². The molecular weight excluding hydrogens is 300 g/mol. The van der Waals surface area contributed by atoms with Crippen LogP contribution in [0.25, 0.3) is 0 Å². The predicted molar refractivity (Wildman–Crippen MR) is 92.0 cm³/mol. The Morgan fingerprint density at radius 1 is 1.18 bits per heavy atom. The topological polar surface area (TPSA) is 53.7 Å². The number of benzene rings is 1. The summed E-state index contributed by atoms with van der Waals surface area (Å²) in [6.45, 7) is 10.8. The fourth-order valence-electron chi connectivity index (χ4n) is 2.19. The number of hydrogen-bond donors (Lipinski definition) is 1. The van der Waals surface area contributed by atoms with Gasteiger partial charge in [0.2, 0.25) is 0 Å². The van der Waals surface area contributed by atoms with E-state index in [1.165, 1.54) is 0 Å². The third-order valence-corrected chi connectivity index (χ3v) is 4.72. The highest BCUT2D eigenvalue weighted by Gasteiger charge is 2.52. The Labute approximate surface area is 138 Å². The summed E-state index contributed by atoms with van der Waals surface area (Å²) >= 11 is 6.33. The van der Waals surface area contributed by atoms with E-state index in [2.05, 4.69) is 6.92 Å². The first-order chi connectivity index (χ1) is 10.2. The van der Waals surface area contributed by atoms with Crippen molar-refractivity contribution < 1.29 is 14.0 Å². The molecule has 1 aliphatic rings. The van der Waals surface area contributed by atoms with Crippen LogP contribution in [0.1, 0.15) is 47.5 Å². The van der Waals surface area contributed by atoms with E-state index in [0.717, 1.165) is 18.3 Å². The van der Waals surface area contributed by atoms with Crippen molar-refractivity contribution in [3.63, 3.8) is 0 Å². The van der Waals surface area contributed by atoms with Crippen molar-refractivity contribution in [2.24, 2.45) is 0 Å². The number of anilines is 1. The third kappa shape index (κ3) is 3.37. The number of halogens is 1. The zero-order valence-corrected chi connectivity index (χ0v) is 14.8. The maximum absolute atomic E-state index is 6.33. The molecule has 122 valence electrons. The van der Waals surface area contributed by atoms with E-state index in [4.69, 9.17) is 31.4 Å². The fraction of sp³-hybridized carbons (Fsp3) is 0.625. The summed E-state index contributed by atoms with van der Waals surface area (Å²) in [7, 11) is -0.522. The lowest BCUT2D eigenvalue weighted by atomic mass is 9.79. The lowest BCUT2D eigenvalue weighted by Gasteiger charge is -2.32. The number of nitrogen functional groups attached to an aromatic ring is 1. The molecule has 1 aromatic carbocycles. The van der Waals surface area contributed by atoms with Crippen LogP contribution in [0.3, 0.4) is 0 Å². The van der Waals surface area contributed by atoms with E-state index >= 15 is 0 Å². The average molecular weight is 326 g/mol. The molecule has 0 unspecified atom stereocenters. The van der Waals surface area contributed by atoms with E-state index in [1.807, 2.05) is 33.8 Å². The van der Waals surface area contributed by atoms with Gasteiger partial charge in [0.05, 0.1) is 23.5 Å². The number of hydrogen-bond acceptors (Lipinski definition) is 4. The average Bonchev–Trinajstić information content (AvgIpc) is 2.61. The van der Waals surface area contributed by atoms with E-state index in [0.29, 0.717) is 23.1 Å².